The summed E-state index contributed by atoms with van der Waals surface area (Å²) in [5.74, 6) is 0.889. The van der Waals surface area contributed by atoms with Crippen LogP contribution in [-0.2, 0) is 4.74 Å². The van der Waals surface area contributed by atoms with E-state index in [2.05, 4.69) is 19.2 Å². The molecular formula is C11H23NO. The Balaban J connectivity index is 2.40. The monoisotopic (exact) mass is 185 g/mol. The topological polar surface area (TPSA) is 21.3 Å². The zero-order valence-electron chi connectivity index (χ0n) is 9.18. The van der Waals surface area contributed by atoms with E-state index in [1.54, 1.807) is 0 Å². The first-order chi connectivity index (χ1) is 6.31. The third kappa shape index (κ3) is 2.96. The number of hydrogen-bond acceptors (Lipinski definition) is 2. The van der Waals surface area contributed by atoms with Gasteiger partial charge in [-0.3, -0.25) is 0 Å². The van der Waals surface area contributed by atoms with Gasteiger partial charge in [0.2, 0.25) is 0 Å². The molecule has 2 heteroatoms. The predicted octanol–water partition coefficient (Wildman–Crippen LogP) is 2.19. The summed E-state index contributed by atoms with van der Waals surface area (Å²) in [5.41, 5.74) is 0. The van der Waals surface area contributed by atoms with Gasteiger partial charge in [0.05, 0.1) is 6.10 Å². The number of rotatable bonds is 4. The van der Waals surface area contributed by atoms with Gasteiger partial charge in [0.15, 0.2) is 0 Å². The third-order valence-corrected chi connectivity index (χ3v) is 3.25. The van der Waals surface area contributed by atoms with Crippen molar-refractivity contribution in [3.05, 3.63) is 0 Å². The van der Waals surface area contributed by atoms with E-state index in [0.717, 1.165) is 12.5 Å². The van der Waals surface area contributed by atoms with Crippen LogP contribution in [0.5, 0.6) is 0 Å². The third-order valence-electron chi connectivity index (χ3n) is 3.25. The van der Waals surface area contributed by atoms with Gasteiger partial charge >= 0.3 is 0 Å². The number of hydrogen-bond donors (Lipinski definition) is 1. The lowest BCUT2D eigenvalue weighted by Gasteiger charge is -2.35. The van der Waals surface area contributed by atoms with Gasteiger partial charge in [-0.05, 0) is 31.7 Å². The maximum Gasteiger partial charge on any atom is 0.0726 e. The van der Waals surface area contributed by atoms with Crippen LogP contribution in [0, 0.1) is 5.92 Å². The lowest BCUT2D eigenvalue weighted by atomic mass is 9.82. The molecule has 0 aromatic rings. The zero-order valence-corrected chi connectivity index (χ0v) is 9.18. The number of nitrogens with one attached hydrogen (secondary N) is 1. The van der Waals surface area contributed by atoms with E-state index in [1.165, 1.54) is 25.7 Å². The average molecular weight is 185 g/mol. The van der Waals surface area contributed by atoms with Crippen LogP contribution in [0.15, 0.2) is 0 Å². The highest BCUT2D eigenvalue weighted by Gasteiger charge is 2.28. The van der Waals surface area contributed by atoms with Gasteiger partial charge in [0, 0.05) is 13.2 Å². The van der Waals surface area contributed by atoms with Crippen LogP contribution in [0.3, 0.4) is 0 Å². The van der Waals surface area contributed by atoms with Crippen molar-refractivity contribution in [3.63, 3.8) is 0 Å². The molecule has 1 N–H and O–H groups in total. The Morgan fingerprint density at radius 2 is 2.08 bits per heavy atom. The SMILES string of the molecule is CCNC1CCC(CC)CC1OC. The highest BCUT2D eigenvalue weighted by Crippen LogP contribution is 2.28. The Labute approximate surface area is 82.0 Å². The van der Waals surface area contributed by atoms with Gasteiger partial charge in [-0.1, -0.05) is 20.3 Å². The summed E-state index contributed by atoms with van der Waals surface area (Å²) < 4.78 is 5.53. The minimum absolute atomic E-state index is 0.443. The first-order valence-electron chi connectivity index (χ1n) is 5.57. The van der Waals surface area contributed by atoms with Crippen molar-refractivity contribution in [1.29, 1.82) is 0 Å². The molecule has 0 amide bonds. The molecule has 0 bridgehead atoms. The molecule has 1 saturated carbocycles. The Morgan fingerprint density at radius 3 is 2.62 bits per heavy atom. The highest BCUT2D eigenvalue weighted by atomic mass is 16.5. The van der Waals surface area contributed by atoms with Gasteiger partial charge in [-0.2, -0.15) is 0 Å². The highest BCUT2D eigenvalue weighted by molar-refractivity contribution is 4.84. The van der Waals surface area contributed by atoms with Crippen LogP contribution in [0.4, 0.5) is 0 Å². The van der Waals surface area contributed by atoms with E-state index in [0.29, 0.717) is 12.1 Å². The first kappa shape index (κ1) is 11.0. The average Bonchev–Trinajstić information content (AvgIpc) is 2.19. The fourth-order valence-corrected chi connectivity index (χ4v) is 2.34. The molecule has 0 heterocycles. The summed E-state index contributed by atoms with van der Waals surface area (Å²) >= 11 is 0. The van der Waals surface area contributed by atoms with E-state index in [9.17, 15) is 0 Å². The van der Waals surface area contributed by atoms with Crippen LogP contribution >= 0.6 is 0 Å². The van der Waals surface area contributed by atoms with E-state index in [4.69, 9.17) is 4.74 Å². The van der Waals surface area contributed by atoms with Crippen molar-refractivity contribution in [2.75, 3.05) is 13.7 Å². The van der Waals surface area contributed by atoms with Gasteiger partial charge in [-0.25, -0.2) is 0 Å². The lowest BCUT2D eigenvalue weighted by molar-refractivity contribution is 0.0227. The van der Waals surface area contributed by atoms with Gasteiger partial charge in [0.1, 0.15) is 0 Å². The second-order valence-electron chi connectivity index (χ2n) is 4.03. The summed E-state index contributed by atoms with van der Waals surface area (Å²) in [6.45, 7) is 5.50. The molecule has 1 aliphatic rings. The summed E-state index contributed by atoms with van der Waals surface area (Å²) in [6.07, 6.45) is 5.64. The fraction of sp³-hybridized carbons (Fsp3) is 1.00. The van der Waals surface area contributed by atoms with Crippen LogP contribution < -0.4 is 5.32 Å². The lowest BCUT2D eigenvalue weighted by Crippen LogP contribution is -2.45. The molecule has 1 fully saturated rings. The van der Waals surface area contributed by atoms with Crippen LogP contribution in [-0.4, -0.2) is 25.8 Å². The molecule has 0 radical (unpaired) electrons. The predicted molar refractivity (Wildman–Crippen MR) is 55.9 cm³/mol. The largest absolute Gasteiger partial charge is 0.380 e. The minimum atomic E-state index is 0.443. The summed E-state index contributed by atoms with van der Waals surface area (Å²) in [7, 11) is 1.84. The molecule has 78 valence electrons. The van der Waals surface area contributed by atoms with Gasteiger partial charge in [0.25, 0.3) is 0 Å². The number of ether oxygens (including phenoxy) is 1. The molecule has 0 aromatic heterocycles. The summed E-state index contributed by atoms with van der Waals surface area (Å²) in [6, 6.07) is 0.595. The van der Waals surface area contributed by atoms with Crippen molar-refractivity contribution in [2.24, 2.45) is 5.92 Å². The van der Waals surface area contributed by atoms with Crippen molar-refractivity contribution < 1.29 is 4.74 Å². The quantitative estimate of drug-likeness (QED) is 0.725. The first-order valence-corrected chi connectivity index (χ1v) is 5.57. The zero-order chi connectivity index (χ0) is 9.68. The van der Waals surface area contributed by atoms with Crippen LogP contribution in [0.1, 0.15) is 39.5 Å². The summed E-state index contributed by atoms with van der Waals surface area (Å²) in [5, 5.41) is 3.51. The normalized spacial score (nSPS) is 34.8. The minimum Gasteiger partial charge on any atom is -0.380 e. The van der Waals surface area contributed by atoms with Crippen LogP contribution in [0.25, 0.3) is 0 Å². The van der Waals surface area contributed by atoms with E-state index >= 15 is 0 Å². The van der Waals surface area contributed by atoms with Crippen molar-refractivity contribution in [3.8, 4) is 0 Å². The molecular weight excluding hydrogens is 162 g/mol. The Kier molecular flexibility index (Phi) is 4.74. The smallest absolute Gasteiger partial charge is 0.0726 e. The Hall–Kier alpha value is -0.0800. The molecule has 0 aliphatic heterocycles. The Morgan fingerprint density at radius 1 is 1.31 bits per heavy atom. The number of methoxy groups -OCH3 is 1. The van der Waals surface area contributed by atoms with Crippen molar-refractivity contribution >= 4 is 0 Å². The molecule has 3 unspecified atom stereocenters. The Bertz CT molecular complexity index is 138. The van der Waals surface area contributed by atoms with E-state index in [1.807, 2.05) is 7.11 Å². The molecule has 0 aromatic carbocycles. The fourth-order valence-electron chi connectivity index (χ4n) is 2.34. The molecule has 0 saturated heterocycles. The van der Waals surface area contributed by atoms with Crippen molar-refractivity contribution in [1.82, 2.24) is 5.32 Å². The maximum absolute atomic E-state index is 5.53. The summed E-state index contributed by atoms with van der Waals surface area (Å²) in [4.78, 5) is 0. The van der Waals surface area contributed by atoms with Gasteiger partial charge in [-0.15, -0.1) is 0 Å². The van der Waals surface area contributed by atoms with Gasteiger partial charge < -0.3 is 10.1 Å². The van der Waals surface area contributed by atoms with Crippen molar-refractivity contribution in [2.45, 2.75) is 51.7 Å². The maximum atomic E-state index is 5.53. The standard InChI is InChI=1S/C11H23NO/c1-4-9-6-7-10(12-5-2)11(8-9)13-3/h9-12H,4-8H2,1-3H3. The number of likely N-dealkylation sites (N-methyl/N-ethyl adjacent to an activating group) is 1. The second-order valence-corrected chi connectivity index (χ2v) is 4.03. The molecule has 13 heavy (non-hydrogen) atoms. The second kappa shape index (κ2) is 5.61. The molecule has 2 nitrogen and oxygen atoms in total. The molecule has 1 rings (SSSR count). The molecule has 3 atom stereocenters. The van der Waals surface area contributed by atoms with E-state index < -0.39 is 0 Å². The van der Waals surface area contributed by atoms with E-state index in [-0.39, 0.29) is 0 Å². The van der Waals surface area contributed by atoms with Crippen LogP contribution in [0.2, 0.25) is 0 Å². The molecule has 1 aliphatic carbocycles. The molecule has 0 spiro atoms.